The second-order valence-electron chi connectivity index (χ2n) is 6.22. The first-order valence-electron chi connectivity index (χ1n) is 7.06. The fraction of sp³-hybridized carbons (Fsp3) is 0.562. The van der Waals surface area contributed by atoms with E-state index >= 15 is 0 Å². The molecular formula is C16H26N2O3. The molecule has 5 nitrogen and oxygen atoms in total. The molecule has 1 rings (SSSR count). The van der Waals surface area contributed by atoms with Gasteiger partial charge in [-0.1, -0.05) is 13.0 Å². The lowest BCUT2D eigenvalue weighted by Gasteiger charge is -2.29. The number of amides is 1. The van der Waals surface area contributed by atoms with Crippen LogP contribution in [0.2, 0.25) is 0 Å². The number of hydrogen-bond donors (Lipinski definition) is 3. The summed E-state index contributed by atoms with van der Waals surface area (Å²) >= 11 is 0. The van der Waals surface area contributed by atoms with Crippen LogP contribution in [0.15, 0.2) is 18.2 Å². The number of nitrogens with zero attached hydrogens (tertiary/aromatic N) is 1. The number of hydrogen-bond acceptors (Lipinski definition) is 4. The van der Waals surface area contributed by atoms with Gasteiger partial charge in [-0.2, -0.15) is 0 Å². The normalized spacial score (nSPS) is 11.8. The van der Waals surface area contributed by atoms with E-state index in [9.17, 15) is 15.0 Å². The van der Waals surface area contributed by atoms with E-state index < -0.39 is 5.41 Å². The largest absolute Gasteiger partial charge is 0.396 e. The molecule has 0 aliphatic carbocycles. The van der Waals surface area contributed by atoms with E-state index in [-0.39, 0.29) is 25.7 Å². The van der Waals surface area contributed by atoms with Crippen LogP contribution < -0.4 is 5.32 Å². The van der Waals surface area contributed by atoms with E-state index in [1.165, 1.54) is 0 Å². The van der Waals surface area contributed by atoms with Gasteiger partial charge in [0.25, 0.3) is 0 Å². The van der Waals surface area contributed by atoms with Gasteiger partial charge >= 0.3 is 0 Å². The molecular weight excluding hydrogens is 268 g/mol. The highest BCUT2D eigenvalue weighted by atomic mass is 16.3. The number of likely N-dealkylation sites (N-methyl/N-ethyl adjacent to an activating group) is 1. The van der Waals surface area contributed by atoms with E-state index in [4.69, 9.17) is 0 Å². The first-order chi connectivity index (χ1) is 9.78. The maximum absolute atomic E-state index is 12.0. The van der Waals surface area contributed by atoms with Crippen LogP contribution in [0, 0.1) is 19.3 Å². The van der Waals surface area contributed by atoms with Gasteiger partial charge < -0.3 is 15.5 Å². The quantitative estimate of drug-likeness (QED) is 0.706. The topological polar surface area (TPSA) is 72.8 Å². The Labute approximate surface area is 126 Å². The van der Waals surface area contributed by atoms with Crippen molar-refractivity contribution in [3.63, 3.8) is 0 Å². The summed E-state index contributed by atoms with van der Waals surface area (Å²) in [7, 11) is 1.80. The van der Waals surface area contributed by atoms with Gasteiger partial charge in [0.05, 0.1) is 19.8 Å². The number of carbonyl (C=O) groups excluding carboxylic acids is 1. The molecule has 0 radical (unpaired) electrons. The molecule has 0 aliphatic rings. The Hall–Kier alpha value is -1.43. The van der Waals surface area contributed by atoms with Crippen LogP contribution >= 0.6 is 0 Å². The molecule has 1 aromatic rings. The van der Waals surface area contributed by atoms with Crippen molar-refractivity contribution < 1.29 is 15.0 Å². The summed E-state index contributed by atoms with van der Waals surface area (Å²) in [5.41, 5.74) is 2.39. The maximum atomic E-state index is 12.0. The van der Waals surface area contributed by atoms with Crippen LogP contribution in [-0.4, -0.2) is 54.4 Å². The van der Waals surface area contributed by atoms with E-state index in [0.29, 0.717) is 6.54 Å². The fourth-order valence-corrected chi connectivity index (χ4v) is 2.35. The van der Waals surface area contributed by atoms with Gasteiger partial charge in [0, 0.05) is 17.6 Å². The Kier molecular flexibility index (Phi) is 6.33. The van der Waals surface area contributed by atoms with E-state index in [2.05, 4.69) is 11.4 Å². The average molecular weight is 294 g/mol. The minimum atomic E-state index is -0.602. The minimum Gasteiger partial charge on any atom is -0.396 e. The Morgan fingerprint density at radius 3 is 2.19 bits per heavy atom. The summed E-state index contributed by atoms with van der Waals surface area (Å²) in [6.45, 7) is 6.18. The highest BCUT2D eigenvalue weighted by molar-refractivity contribution is 5.92. The average Bonchev–Trinajstić information content (AvgIpc) is 2.36. The molecule has 0 bridgehead atoms. The third-order valence-corrected chi connectivity index (χ3v) is 3.33. The molecule has 21 heavy (non-hydrogen) atoms. The van der Waals surface area contributed by atoms with Gasteiger partial charge in [-0.05, 0) is 44.2 Å². The standard InChI is InChI=1S/C16H26N2O3/c1-12-5-13(2)7-14(6-12)17-15(21)8-18(4)9-16(3,10-19)11-20/h5-7,19-20H,8-11H2,1-4H3,(H,17,21). The summed E-state index contributed by atoms with van der Waals surface area (Å²) in [6, 6.07) is 5.91. The van der Waals surface area contributed by atoms with E-state index in [1.807, 2.05) is 26.0 Å². The number of aliphatic hydroxyl groups excluding tert-OH is 2. The van der Waals surface area contributed by atoms with Crippen LogP contribution in [0.4, 0.5) is 5.69 Å². The lowest BCUT2D eigenvalue weighted by atomic mass is 9.92. The summed E-state index contributed by atoms with van der Waals surface area (Å²) in [4.78, 5) is 13.8. The third kappa shape index (κ3) is 5.83. The number of rotatable bonds is 7. The van der Waals surface area contributed by atoms with Crippen molar-refractivity contribution in [2.45, 2.75) is 20.8 Å². The van der Waals surface area contributed by atoms with Gasteiger partial charge in [0.2, 0.25) is 5.91 Å². The summed E-state index contributed by atoms with van der Waals surface area (Å²) in [5.74, 6) is -0.110. The second-order valence-corrected chi connectivity index (χ2v) is 6.22. The number of benzene rings is 1. The van der Waals surface area contributed by atoms with Crippen molar-refractivity contribution >= 4 is 11.6 Å². The van der Waals surface area contributed by atoms with Gasteiger partial charge in [-0.3, -0.25) is 9.69 Å². The molecule has 0 saturated carbocycles. The predicted molar refractivity (Wildman–Crippen MR) is 84.3 cm³/mol. The molecule has 0 aromatic heterocycles. The molecule has 0 heterocycles. The number of anilines is 1. The zero-order chi connectivity index (χ0) is 16.0. The molecule has 0 unspecified atom stereocenters. The van der Waals surface area contributed by atoms with Crippen LogP contribution in [0.5, 0.6) is 0 Å². The molecule has 3 N–H and O–H groups in total. The van der Waals surface area contributed by atoms with Crippen molar-refractivity contribution in [1.29, 1.82) is 0 Å². The van der Waals surface area contributed by atoms with Crippen molar-refractivity contribution in [1.82, 2.24) is 4.90 Å². The third-order valence-electron chi connectivity index (χ3n) is 3.33. The number of aryl methyl sites for hydroxylation is 2. The lowest BCUT2D eigenvalue weighted by Crippen LogP contribution is -2.41. The fourth-order valence-electron chi connectivity index (χ4n) is 2.35. The summed E-state index contributed by atoms with van der Waals surface area (Å²) < 4.78 is 0. The molecule has 0 atom stereocenters. The van der Waals surface area contributed by atoms with Crippen LogP contribution in [0.25, 0.3) is 0 Å². The minimum absolute atomic E-state index is 0.110. The Balaban J connectivity index is 2.57. The number of carbonyl (C=O) groups is 1. The van der Waals surface area contributed by atoms with Crippen molar-refractivity contribution in [2.24, 2.45) is 5.41 Å². The lowest BCUT2D eigenvalue weighted by molar-refractivity contribution is -0.117. The van der Waals surface area contributed by atoms with Gasteiger partial charge in [0.1, 0.15) is 0 Å². The van der Waals surface area contributed by atoms with Gasteiger partial charge in [-0.25, -0.2) is 0 Å². The SMILES string of the molecule is Cc1cc(C)cc(NC(=O)CN(C)CC(C)(CO)CO)c1. The van der Waals surface area contributed by atoms with Crippen molar-refractivity contribution in [2.75, 3.05) is 38.7 Å². The maximum Gasteiger partial charge on any atom is 0.238 e. The molecule has 0 spiro atoms. The first-order valence-corrected chi connectivity index (χ1v) is 7.06. The molecule has 1 aromatic carbocycles. The first kappa shape index (κ1) is 17.6. The number of aliphatic hydroxyl groups is 2. The second kappa shape index (κ2) is 7.54. The Morgan fingerprint density at radius 2 is 1.71 bits per heavy atom. The zero-order valence-electron chi connectivity index (χ0n) is 13.3. The van der Waals surface area contributed by atoms with Gasteiger partial charge in [0.15, 0.2) is 0 Å². The highest BCUT2D eigenvalue weighted by Gasteiger charge is 2.25. The molecule has 0 aliphatic heterocycles. The zero-order valence-corrected chi connectivity index (χ0v) is 13.3. The monoisotopic (exact) mass is 294 g/mol. The van der Waals surface area contributed by atoms with Crippen LogP contribution in [-0.2, 0) is 4.79 Å². The molecule has 118 valence electrons. The molecule has 0 fully saturated rings. The Bertz CT molecular complexity index is 464. The molecule has 0 saturated heterocycles. The summed E-state index contributed by atoms with van der Waals surface area (Å²) in [6.07, 6.45) is 0. The molecule has 1 amide bonds. The predicted octanol–water partition coefficient (Wildman–Crippen LogP) is 1.16. The molecule has 5 heteroatoms. The van der Waals surface area contributed by atoms with Gasteiger partial charge in [-0.15, -0.1) is 0 Å². The van der Waals surface area contributed by atoms with Crippen LogP contribution in [0.1, 0.15) is 18.1 Å². The Morgan fingerprint density at radius 1 is 1.19 bits per heavy atom. The van der Waals surface area contributed by atoms with Crippen molar-refractivity contribution in [3.05, 3.63) is 29.3 Å². The summed E-state index contributed by atoms with van der Waals surface area (Å²) in [5, 5.41) is 21.4. The van der Waals surface area contributed by atoms with E-state index in [0.717, 1.165) is 16.8 Å². The highest BCUT2D eigenvalue weighted by Crippen LogP contribution is 2.16. The smallest absolute Gasteiger partial charge is 0.238 e. The number of nitrogens with one attached hydrogen (secondary N) is 1. The van der Waals surface area contributed by atoms with Crippen molar-refractivity contribution in [3.8, 4) is 0 Å². The van der Waals surface area contributed by atoms with E-state index in [1.54, 1.807) is 18.9 Å². The van der Waals surface area contributed by atoms with Crippen LogP contribution in [0.3, 0.4) is 0 Å².